The zero-order chi connectivity index (χ0) is 19.4. The van der Waals surface area contributed by atoms with Crippen molar-refractivity contribution >= 4 is 11.9 Å². The van der Waals surface area contributed by atoms with Gasteiger partial charge < -0.3 is 14.8 Å². The lowest BCUT2D eigenvalue weighted by Crippen LogP contribution is -2.49. The van der Waals surface area contributed by atoms with Gasteiger partial charge in [0.15, 0.2) is 0 Å². The summed E-state index contributed by atoms with van der Waals surface area (Å²) in [6.07, 6.45) is 4.52. The number of carbonyl (C=O) groups excluding carboxylic acids is 2. The highest BCUT2D eigenvalue weighted by atomic mass is 16.5. The molecule has 1 aliphatic heterocycles. The molecular formula is C21H30N2O4. The number of methoxy groups -OCH3 is 1. The number of rotatable bonds is 7. The topological polar surface area (TPSA) is 67.9 Å². The maximum absolute atomic E-state index is 13.3. The molecule has 0 radical (unpaired) electrons. The highest BCUT2D eigenvalue weighted by Crippen LogP contribution is 2.40. The SMILES string of the molecule is CCOc1ccc(C(COC)N2C(=O)NC3(CCC(CC)CC3)C2=O)cc1. The molecular weight excluding hydrogens is 344 g/mol. The summed E-state index contributed by atoms with van der Waals surface area (Å²) >= 11 is 0. The Morgan fingerprint density at radius 1 is 1.19 bits per heavy atom. The summed E-state index contributed by atoms with van der Waals surface area (Å²) in [7, 11) is 1.59. The maximum atomic E-state index is 13.3. The average molecular weight is 374 g/mol. The highest BCUT2D eigenvalue weighted by Gasteiger charge is 2.54. The van der Waals surface area contributed by atoms with Crippen LogP contribution in [0.3, 0.4) is 0 Å². The van der Waals surface area contributed by atoms with E-state index in [0.29, 0.717) is 12.5 Å². The van der Waals surface area contributed by atoms with Crippen molar-refractivity contribution in [3.8, 4) is 5.75 Å². The second-order valence-corrected chi connectivity index (χ2v) is 7.51. The minimum atomic E-state index is -0.736. The van der Waals surface area contributed by atoms with E-state index in [1.54, 1.807) is 7.11 Å². The monoisotopic (exact) mass is 374 g/mol. The Bertz CT molecular complexity index is 665. The molecule has 1 aromatic carbocycles. The van der Waals surface area contributed by atoms with Gasteiger partial charge in [-0.05, 0) is 56.2 Å². The fraction of sp³-hybridized carbons (Fsp3) is 0.619. The summed E-state index contributed by atoms with van der Waals surface area (Å²) in [6.45, 7) is 4.97. The number of amides is 3. The quantitative estimate of drug-likeness (QED) is 0.740. The number of nitrogens with zero attached hydrogens (tertiary/aromatic N) is 1. The van der Waals surface area contributed by atoms with Crippen LogP contribution in [0.2, 0.25) is 0 Å². The Hall–Kier alpha value is -2.08. The zero-order valence-electron chi connectivity index (χ0n) is 16.5. The average Bonchev–Trinajstić information content (AvgIpc) is 2.91. The lowest BCUT2D eigenvalue weighted by Gasteiger charge is -2.35. The van der Waals surface area contributed by atoms with Crippen molar-refractivity contribution in [2.45, 2.75) is 57.5 Å². The number of hydrogen-bond acceptors (Lipinski definition) is 4. The van der Waals surface area contributed by atoms with Crippen LogP contribution >= 0.6 is 0 Å². The lowest BCUT2D eigenvalue weighted by atomic mass is 9.75. The molecule has 148 valence electrons. The molecule has 0 aromatic heterocycles. The largest absolute Gasteiger partial charge is 0.494 e. The van der Waals surface area contributed by atoms with Crippen LogP contribution in [0.5, 0.6) is 5.75 Å². The maximum Gasteiger partial charge on any atom is 0.325 e. The van der Waals surface area contributed by atoms with Crippen molar-refractivity contribution in [1.82, 2.24) is 10.2 Å². The van der Waals surface area contributed by atoms with E-state index in [2.05, 4.69) is 12.2 Å². The van der Waals surface area contributed by atoms with Crippen LogP contribution in [0, 0.1) is 5.92 Å². The molecule has 6 nitrogen and oxygen atoms in total. The minimum Gasteiger partial charge on any atom is -0.494 e. The fourth-order valence-electron chi connectivity index (χ4n) is 4.27. The highest BCUT2D eigenvalue weighted by molar-refractivity contribution is 6.07. The van der Waals surface area contributed by atoms with E-state index >= 15 is 0 Å². The number of benzene rings is 1. The van der Waals surface area contributed by atoms with Crippen molar-refractivity contribution in [2.75, 3.05) is 20.3 Å². The molecule has 1 atom stereocenters. The summed E-state index contributed by atoms with van der Waals surface area (Å²) in [5.74, 6) is 1.30. The van der Waals surface area contributed by atoms with Crippen molar-refractivity contribution in [3.05, 3.63) is 29.8 Å². The van der Waals surface area contributed by atoms with Crippen LogP contribution in [-0.2, 0) is 9.53 Å². The van der Waals surface area contributed by atoms with Gasteiger partial charge in [-0.3, -0.25) is 9.69 Å². The van der Waals surface area contributed by atoms with Gasteiger partial charge in [0.25, 0.3) is 5.91 Å². The molecule has 1 spiro atoms. The molecule has 3 amide bonds. The van der Waals surface area contributed by atoms with Crippen LogP contribution in [0.1, 0.15) is 57.6 Å². The van der Waals surface area contributed by atoms with Gasteiger partial charge in [0.1, 0.15) is 11.3 Å². The molecule has 27 heavy (non-hydrogen) atoms. The van der Waals surface area contributed by atoms with E-state index in [1.807, 2.05) is 31.2 Å². The Kier molecular flexibility index (Phi) is 6.05. The second-order valence-electron chi connectivity index (χ2n) is 7.51. The molecule has 1 heterocycles. The molecule has 1 N–H and O–H groups in total. The normalized spacial score (nSPS) is 26.3. The molecule has 3 rings (SSSR count). The first-order chi connectivity index (χ1) is 13.0. The smallest absolute Gasteiger partial charge is 0.325 e. The molecule has 1 unspecified atom stereocenters. The third-order valence-electron chi connectivity index (χ3n) is 5.94. The van der Waals surface area contributed by atoms with Gasteiger partial charge in [0.05, 0.1) is 19.3 Å². The summed E-state index contributed by atoms with van der Waals surface area (Å²) in [5, 5.41) is 3.01. The summed E-state index contributed by atoms with van der Waals surface area (Å²) < 4.78 is 10.8. The molecule has 6 heteroatoms. The van der Waals surface area contributed by atoms with Crippen molar-refractivity contribution in [3.63, 3.8) is 0 Å². The number of hydrogen-bond donors (Lipinski definition) is 1. The van der Waals surface area contributed by atoms with Gasteiger partial charge in [-0.1, -0.05) is 25.5 Å². The Morgan fingerprint density at radius 3 is 2.41 bits per heavy atom. The standard InChI is InChI=1S/C21H30N2O4/c1-4-15-10-12-21(13-11-15)19(24)23(20(25)22-21)18(14-26-3)16-6-8-17(9-7-16)27-5-2/h6-9,15,18H,4-5,10-14H2,1-3H3,(H,22,25). The van der Waals surface area contributed by atoms with Crippen molar-refractivity contribution < 1.29 is 19.1 Å². The van der Waals surface area contributed by atoms with E-state index in [4.69, 9.17) is 9.47 Å². The first kappa shape index (κ1) is 19.7. The number of urea groups is 1. The van der Waals surface area contributed by atoms with E-state index in [0.717, 1.165) is 43.4 Å². The third-order valence-corrected chi connectivity index (χ3v) is 5.94. The van der Waals surface area contributed by atoms with E-state index in [1.165, 1.54) is 4.90 Å². The van der Waals surface area contributed by atoms with Gasteiger partial charge in [-0.2, -0.15) is 0 Å². The molecule has 1 aromatic rings. The Morgan fingerprint density at radius 2 is 1.85 bits per heavy atom. The summed E-state index contributed by atoms with van der Waals surface area (Å²) in [6, 6.07) is 6.76. The fourth-order valence-corrected chi connectivity index (χ4v) is 4.27. The first-order valence-electron chi connectivity index (χ1n) is 9.92. The van der Waals surface area contributed by atoms with E-state index in [9.17, 15) is 9.59 Å². The number of carbonyl (C=O) groups is 2. The minimum absolute atomic E-state index is 0.113. The predicted molar refractivity (Wildman–Crippen MR) is 103 cm³/mol. The van der Waals surface area contributed by atoms with Gasteiger partial charge in [-0.15, -0.1) is 0 Å². The number of ether oxygens (including phenoxy) is 2. The summed E-state index contributed by atoms with van der Waals surface area (Å²) in [4.78, 5) is 27.5. The van der Waals surface area contributed by atoms with E-state index in [-0.39, 0.29) is 18.5 Å². The zero-order valence-corrected chi connectivity index (χ0v) is 16.5. The molecule has 1 saturated carbocycles. The molecule has 2 fully saturated rings. The van der Waals surface area contributed by atoms with Gasteiger partial charge in [0, 0.05) is 7.11 Å². The van der Waals surface area contributed by atoms with Crippen LogP contribution < -0.4 is 10.1 Å². The second kappa shape index (κ2) is 8.30. The molecule has 2 aliphatic rings. The number of imide groups is 1. The van der Waals surface area contributed by atoms with Crippen molar-refractivity contribution in [2.24, 2.45) is 5.92 Å². The van der Waals surface area contributed by atoms with Crippen LogP contribution in [0.4, 0.5) is 4.79 Å². The number of nitrogens with one attached hydrogen (secondary N) is 1. The Balaban J connectivity index is 1.83. The van der Waals surface area contributed by atoms with Crippen LogP contribution in [0.25, 0.3) is 0 Å². The molecule has 0 bridgehead atoms. The van der Waals surface area contributed by atoms with Crippen LogP contribution in [-0.4, -0.2) is 42.7 Å². The predicted octanol–water partition coefficient (Wildman–Crippen LogP) is 3.66. The first-order valence-corrected chi connectivity index (χ1v) is 9.92. The lowest BCUT2D eigenvalue weighted by molar-refractivity contribution is -0.135. The molecule has 1 aliphatic carbocycles. The summed E-state index contributed by atoms with van der Waals surface area (Å²) in [5.41, 5.74) is 0.128. The van der Waals surface area contributed by atoms with Crippen molar-refractivity contribution in [1.29, 1.82) is 0 Å². The van der Waals surface area contributed by atoms with E-state index < -0.39 is 11.6 Å². The van der Waals surface area contributed by atoms with Gasteiger partial charge in [-0.25, -0.2) is 4.79 Å². The van der Waals surface area contributed by atoms with Gasteiger partial charge >= 0.3 is 6.03 Å². The van der Waals surface area contributed by atoms with Crippen LogP contribution in [0.15, 0.2) is 24.3 Å². The molecule has 1 saturated heterocycles. The third kappa shape index (κ3) is 3.81. The Labute approximate surface area is 161 Å². The van der Waals surface area contributed by atoms with Gasteiger partial charge in [0.2, 0.25) is 0 Å².